The summed E-state index contributed by atoms with van der Waals surface area (Å²) < 4.78 is 0. The van der Waals surface area contributed by atoms with Crippen LogP contribution < -0.4 is 5.32 Å². The molecule has 2 atom stereocenters. The highest BCUT2D eigenvalue weighted by Crippen LogP contribution is 2.44. The third kappa shape index (κ3) is 2.41. The van der Waals surface area contributed by atoms with E-state index >= 15 is 0 Å². The SMILES string of the molecule is Cc1cc(C2CC(=O)NC(=O)C2C2CCCC2)c(C)s1. The quantitative estimate of drug-likeness (QED) is 0.850. The van der Waals surface area contributed by atoms with Gasteiger partial charge in [0.1, 0.15) is 0 Å². The number of carbonyl (C=O) groups excluding carboxylic acids is 2. The number of amides is 2. The zero-order valence-electron chi connectivity index (χ0n) is 12.1. The first kappa shape index (κ1) is 13.8. The van der Waals surface area contributed by atoms with Gasteiger partial charge in [0.2, 0.25) is 11.8 Å². The first-order valence-electron chi connectivity index (χ1n) is 7.47. The van der Waals surface area contributed by atoms with Crippen LogP contribution in [0.4, 0.5) is 0 Å². The Labute approximate surface area is 123 Å². The second kappa shape index (κ2) is 5.32. The Balaban J connectivity index is 1.96. The molecule has 0 bridgehead atoms. The van der Waals surface area contributed by atoms with Crippen molar-refractivity contribution in [2.24, 2.45) is 11.8 Å². The molecule has 108 valence electrons. The number of thiophene rings is 1. The number of nitrogens with one attached hydrogen (secondary N) is 1. The van der Waals surface area contributed by atoms with Gasteiger partial charge in [-0.3, -0.25) is 14.9 Å². The van der Waals surface area contributed by atoms with Crippen LogP contribution in [0.15, 0.2) is 6.07 Å². The van der Waals surface area contributed by atoms with Crippen molar-refractivity contribution in [3.63, 3.8) is 0 Å². The van der Waals surface area contributed by atoms with Gasteiger partial charge < -0.3 is 0 Å². The zero-order chi connectivity index (χ0) is 14.3. The van der Waals surface area contributed by atoms with Crippen LogP contribution >= 0.6 is 11.3 Å². The molecule has 1 aromatic heterocycles. The molecule has 0 spiro atoms. The first-order chi connectivity index (χ1) is 9.56. The molecule has 0 radical (unpaired) electrons. The van der Waals surface area contributed by atoms with Gasteiger partial charge in [-0.1, -0.05) is 12.8 Å². The van der Waals surface area contributed by atoms with Crippen molar-refractivity contribution in [3.8, 4) is 0 Å². The van der Waals surface area contributed by atoms with Gasteiger partial charge in [-0.15, -0.1) is 11.3 Å². The summed E-state index contributed by atoms with van der Waals surface area (Å²) in [7, 11) is 0. The van der Waals surface area contributed by atoms with Crippen LogP contribution in [0.2, 0.25) is 0 Å². The van der Waals surface area contributed by atoms with Gasteiger partial charge in [-0.05, 0) is 44.2 Å². The Morgan fingerprint density at radius 1 is 1.20 bits per heavy atom. The topological polar surface area (TPSA) is 46.2 Å². The van der Waals surface area contributed by atoms with Crippen molar-refractivity contribution in [2.45, 2.75) is 51.9 Å². The molecular formula is C16H21NO2S. The minimum atomic E-state index is -0.113. The number of hydrogen-bond acceptors (Lipinski definition) is 3. The Morgan fingerprint density at radius 2 is 1.90 bits per heavy atom. The molecule has 2 heterocycles. The molecular weight excluding hydrogens is 270 g/mol. The second-order valence-corrected chi connectivity index (χ2v) is 7.62. The van der Waals surface area contributed by atoms with Crippen molar-refractivity contribution in [1.29, 1.82) is 0 Å². The number of hydrogen-bond donors (Lipinski definition) is 1. The van der Waals surface area contributed by atoms with Crippen LogP contribution in [-0.2, 0) is 9.59 Å². The molecule has 3 nitrogen and oxygen atoms in total. The lowest BCUT2D eigenvalue weighted by molar-refractivity contribution is -0.138. The smallest absolute Gasteiger partial charge is 0.230 e. The second-order valence-electron chi connectivity index (χ2n) is 6.16. The molecule has 2 aliphatic rings. The molecule has 1 N–H and O–H groups in total. The standard InChI is InChI=1S/C16H21NO2S/c1-9-7-12(10(2)20-9)13-8-14(18)17-16(19)15(13)11-5-3-4-6-11/h7,11,13,15H,3-6,8H2,1-2H3,(H,17,18,19). The summed E-state index contributed by atoms with van der Waals surface area (Å²) in [6.07, 6.45) is 5.16. The van der Waals surface area contributed by atoms with Crippen molar-refractivity contribution in [1.82, 2.24) is 5.32 Å². The third-order valence-electron chi connectivity index (χ3n) is 4.79. The highest BCUT2D eigenvalue weighted by Gasteiger charge is 2.43. The highest BCUT2D eigenvalue weighted by atomic mass is 32.1. The highest BCUT2D eigenvalue weighted by molar-refractivity contribution is 7.12. The van der Waals surface area contributed by atoms with E-state index in [2.05, 4.69) is 25.2 Å². The van der Waals surface area contributed by atoms with Gasteiger partial charge in [-0.25, -0.2) is 0 Å². The number of imide groups is 1. The van der Waals surface area contributed by atoms with E-state index < -0.39 is 0 Å². The van der Waals surface area contributed by atoms with Crippen molar-refractivity contribution in [2.75, 3.05) is 0 Å². The van der Waals surface area contributed by atoms with E-state index in [0.717, 1.165) is 12.8 Å². The summed E-state index contributed by atoms with van der Waals surface area (Å²) in [6, 6.07) is 2.18. The molecule has 0 aromatic carbocycles. The normalized spacial score (nSPS) is 27.9. The summed E-state index contributed by atoms with van der Waals surface area (Å²) >= 11 is 1.77. The molecule has 4 heteroatoms. The molecule has 2 unspecified atom stereocenters. The van der Waals surface area contributed by atoms with E-state index in [1.165, 1.54) is 28.2 Å². The zero-order valence-corrected chi connectivity index (χ0v) is 12.9. The van der Waals surface area contributed by atoms with Crippen LogP contribution in [0.1, 0.15) is 53.3 Å². The minimum absolute atomic E-state index is 0.0112. The fourth-order valence-corrected chi connectivity index (χ4v) is 4.96. The minimum Gasteiger partial charge on any atom is -0.296 e. The molecule has 1 saturated heterocycles. The molecule has 2 amide bonds. The van der Waals surface area contributed by atoms with Gasteiger partial charge in [-0.2, -0.15) is 0 Å². The van der Waals surface area contributed by atoms with E-state index in [1.807, 2.05) is 0 Å². The third-order valence-corrected chi connectivity index (χ3v) is 5.77. The molecule has 1 aliphatic heterocycles. The Hall–Kier alpha value is -1.16. The number of rotatable bonds is 2. The van der Waals surface area contributed by atoms with Crippen LogP contribution in [-0.4, -0.2) is 11.8 Å². The predicted molar refractivity (Wildman–Crippen MR) is 79.7 cm³/mol. The lowest BCUT2D eigenvalue weighted by Crippen LogP contribution is -2.47. The molecule has 2 fully saturated rings. The molecule has 20 heavy (non-hydrogen) atoms. The van der Waals surface area contributed by atoms with Gasteiger partial charge in [0, 0.05) is 28.0 Å². The van der Waals surface area contributed by atoms with E-state index in [4.69, 9.17) is 0 Å². The summed E-state index contributed by atoms with van der Waals surface area (Å²) in [4.78, 5) is 26.7. The lowest BCUT2D eigenvalue weighted by atomic mass is 9.73. The van der Waals surface area contributed by atoms with E-state index in [-0.39, 0.29) is 23.7 Å². The van der Waals surface area contributed by atoms with E-state index in [1.54, 1.807) is 11.3 Å². The fourth-order valence-electron chi connectivity index (χ4n) is 3.96. The fraction of sp³-hybridized carbons (Fsp3) is 0.625. The first-order valence-corrected chi connectivity index (χ1v) is 8.28. The van der Waals surface area contributed by atoms with E-state index in [0.29, 0.717) is 12.3 Å². The Morgan fingerprint density at radius 3 is 2.50 bits per heavy atom. The molecule has 1 saturated carbocycles. The van der Waals surface area contributed by atoms with Crippen molar-refractivity contribution >= 4 is 23.2 Å². The summed E-state index contributed by atoms with van der Waals surface area (Å²) in [5.74, 6) is 0.374. The van der Waals surface area contributed by atoms with Crippen molar-refractivity contribution < 1.29 is 9.59 Å². The summed E-state index contributed by atoms with van der Waals surface area (Å²) in [5, 5.41) is 2.56. The summed E-state index contributed by atoms with van der Waals surface area (Å²) in [6.45, 7) is 4.20. The Kier molecular flexibility index (Phi) is 3.67. The van der Waals surface area contributed by atoms with Gasteiger partial charge in [0.15, 0.2) is 0 Å². The van der Waals surface area contributed by atoms with Crippen LogP contribution in [0.3, 0.4) is 0 Å². The Bertz CT molecular complexity index is 543. The average Bonchev–Trinajstić information content (AvgIpc) is 2.98. The summed E-state index contributed by atoms with van der Waals surface area (Å²) in [5.41, 5.74) is 1.23. The van der Waals surface area contributed by atoms with E-state index in [9.17, 15) is 9.59 Å². The monoisotopic (exact) mass is 291 g/mol. The van der Waals surface area contributed by atoms with Crippen LogP contribution in [0.5, 0.6) is 0 Å². The average molecular weight is 291 g/mol. The number of piperidine rings is 1. The largest absolute Gasteiger partial charge is 0.296 e. The van der Waals surface area contributed by atoms with Gasteiger partial charge in [0.25, 0.3) is 0 Å². The predicted octanol–water partition coefficient (Wildman–Crippen LogP) is 3.30. The van der Waals surface area contributed by atoms with Crippen LogP contribution in [0, 0.1) is 25.7 Å². The molecule has 1 aromatic rings. The molecule has 3 rings (SSSR count). The van der Waals surface area contributed by atoms with Crippen molar-refractivity contribution in [3.05, 3.63) is 21.4 Å². The number of aryl methyl sites for hydroxylation is 2. The lowest BCUT2D eigenvalue weighted by Gasteiger charge is -2.34. The van der Waals surface area contributed by atoms with Gasteiger partial charge in [0.05, 0.1) is 0 Å². The number of carbonyl (C=O) groups is 2. The maximum Gasteiger partial charge on any atom is 0.230 e. The maximum atomic E-state index is 12.4. The van der Waals surface area contributed by atoms with Crippen LogP contribution in [0.25, 0.3) is 0 Å². The maximum absolute atomic E-state index is 12.4. The molecule has 1 aliphatic carbocycles. The van der Waals surface area contributed by atoms with Gasteiger partial charge >= 0.3 is 0 Å².